The smallest absolute Gasteiger partial charge is 0.333 e. The number of hydrogen-bond acceptors (Lipinski definition) is 2. The van der Waals surface area contributed by atoms with Crippen molar-refractivity contribution in [3.63, 3.8) is 0 Å². The molecule has 3 aliphatic carbocycles. The first kappa shape index (κ1) is 21.0. The minimum atomic E-state index is -0.0123. The third kappa shape index (κ3) is 2.72. The molecule has 0 spiro atoms. The van der Waals surface area contributed by atoms with Gasteiger partial charge in [-0.15, -0.1) is 0 Å². The molecule has 168 valence electrons. The molecule has 4 nitrogen and oxygen atoms in total. The van der Waals surface area contributed by atoms with Crippen molar-refractivity contribution in [2.45, 2.75) is 79.7 Å². The molecule has 3 saturated carbocycles. The second kappa shape index (κ2) is 6.36. The van der Waals surface area contributed by atoms with Crippen LogP contribution >= 0.6 is 0 Å². The zero-order chi connectivity index (χ0) is 22.4. The largest absolute Gasteiger partial charge is 0.338 e. The molecule has 4 atom stereocenters. The predicted octanol–water partition coefficient (Wildman–Crippen LogP) is 6.05. The van der Waals surface area contributed by atoms with Crippen LogP contribution < -0.4 is 5.32 Å². The van der Waals surface area contributed by atoms with Gasteiger partial charge in [-0.3, -0.25) is 0 Å². The number of amides is 2. The summed E-state index contributed by atoms with van der Waals surface area (Å²) in [7, 11) is 0. The highest BCUT2D eigenvalue weighted by Gasteiger charge is 2.68. The Morgan fingerprint density at radius 1 is 1.00 bits per heavy atom. The Morgan fingerprint density at radius 2 is 1.65 bits per heavy atom. The van der Waals surface area contributed by atoms with Gasteiger partial charge in [-0.2, -0.15) is 5.10 Å². The molecule has 0 saturated heterocycles. The molecular weight excluding hydrogens is 382 g/mol. The van der Waals surface area contributed by atoms with E-state index in [1.165, 1.54) is 24.1 Å². The van der Waals surface area contributed by atoms with Crippen LogP contribution in [0.2, 0.25) is 0 Å². The molecule has 5 rings (SSSR count). The first-order chi connectivity index (χ1) is 14.4. The fourth-order valence-electron chi connectivity index (χ4n) is 7.45. The lowest BCUT2D eigenvalue weighted by Crippen LogP contribution is -2.50. The van der Waals surface area contributed by atoms with Gasteiger partial charge in [-0.05, 0) is 52.4 Å². The molecule has 4 heteroatoms. The van der Waals surface area contributed by atoms with E-state index in [9.17, 15) is 4.79 Å². The maximum absolute atomic E-state index is 13.4. The Hall–Kier alpha value is -1.84. The van der Waals surface area contributed by atoms with E-state index in [4.69, 9.17) is 5.10 Å². The van der Waals surface area contributed by atoms with Crippen molar-refractivity contribution in [3.05, 3.63) is 35.9 Å². The molecule has 1 unspecified atom stereocenters. The number of fused-ring (bicyclic) bond motifs is 2. The summed E-state index contributed by atoms with van der Waals surface area (Å²) in [5.74, 6) is 1.30. The Morgan fingerprint density at radius 3 is 2.16 bits per heavy atom. The number of carbonyl (C=O) groups is 1. The Balaban J connectivity index is 1.40. The zero-order valence-corrected chi connectivity index (χ0v) is 20.3. The zero-order valence-electron chi connectivity index (χ0n) is 20.3. The van der Waals surface area contributed by atoms with E-state index >= 15 is 0 Å². The van der Waals surface area contributed by atoms with E-state index in [0.717, 1.165) is 6.42 Å². The van der Waals surface area contributed by atoms with Crippen molar-refractivity contribution in [1.82, 2.24) is 10.3 Å². The van der Waals surface area contributed by atoms with E-state index in [2.05, 4.69) is 84.1 Å². The van der Waals surface area contributed by atoms with Crippen LogP contribution in [0.5, 0.6) is 0 Å². The second-order valence-corrected chi connectivity index (χ2v) is 12.6. The molecule has 1 aromatic carbocycles. The molecule has 0 radical (unpaired) electrons. The van der Waals surface area contributed by atoms with Gasteiger partial charge in [0.15, 0.2) is 0 Å². The lowest BCUT2D eigenvalue weighted by Gasteiger charge is -2.39. The van der Waals surface area contributed by atoms with Crippen molar-refractivity contribution in [3.8, 4) is 0 Å². The van der Waals surface area contributed by atoms with Gasteiger partial charge in [-0.25, -0.2) is 9.80 Å². The van der Waals surface area contributed by atoms with Crippen molar-refractivity contribution >= 4 is 11.7 Å². The second-order valence-electron chi connectivity index (χ2n) is 12.6. The van der Waals surface area contributed by atoms with E-state index in [-0.39, 0.29) is 34.2 Å². The number of rotatable bonds is 3. The highest BCUT2D eigenvalue weighted by Crippen LogP contribution is 2.70. The summed E-state index contributed by atoms with van der Waals surface area (Å²) in [6.45, 7) is 17.2. The maximum Gasteiger partial charge on any atom is 0.338 e. The summed E-state index contributed by atoms with van der Waals surface area (Å²) in [4.78, 5) is 13.4. The van der Waals surface area contributed by atoms with Crippen molar-refractivity contribution in [1.29, 1.82) is 0 Å². The summed E-state index contributed by atoms with van der Waals surface area (Å²) in [5.41, 5.74) is 3.33. The number of hydrogen-bond donors (Lipinski definition) is 1. The van der Waals surface area contributed by atoms with Gasteiger partial charge in [0.25, 0.3) is 0 Å². The third-order valence-electron chi connectivity index (χ3n) is 10.8. The minimum absolute atomic E-state index is 0.0123. The number of urea groups is 1. The Kier molecular flexibility index (Phi) is 4.31. The van der Waals surface area contributed by atoms with Gasteiger partial charge in [0, 0.05) is 17.9 Å². The van der Waals surface area contributed by atoms with Gasteiger partial charge in [-0.1, -0.05) is 78.8 Å². The van der Waals surface area contributed by atoms with Crippen LogP contribution in [0.4, 0.5) is 4.79 Å². The van der Waals surface area contributed by atoms with Gasteiger partial charge < -0.3 is 5.32 Å². The number of benzene rings is 1. The first-order valence-electron chi connectivity index (χ1n) is 12.1. The highest BCUT2D eigenvalue weighted by molar-refractivity contribution is 5.99. The van der Waals surface area contributed by atoms with E-state index < -0.39 is 0 Å². The standard InChI is InChI=1S/C27H39N3O/c1-24(2)18-13-14-27(24,7)20(15-18)28-23(31)30-16-19(17-11-9-8-10-12-17)21(29-30)22-25(3,4)26(22,5)6/h8-12,18-20,22H,13-16H2,1-7H3,(H,28,31)/t18-,19?,20+,27+/m1/s1. The average Bonchev–Trinajstić information content (AvgIpc) is 3.07. The normalized spacial score (nSPS) is 37.1. The van der Waals surface area contributed by atoms with E-state index in [1.54, 1.807) is 5.01 Å². The molecule has 1 heterocycles. The summed E-state index contributed by atoms with van der Waals surface area (Å²) < 4.78 is 0. The minimum Gasteiger partial charge on any atom is -0.333 e. The van der Waals surface area contributed by atoms with Crippen LogP contribution in [0.15, 0.2) is 35.4 Å². The van der Waals surface area contributed by atoms with Crippen LogP contribution in [-0.2, 0) is 0 Å². The van der Waals surface area contributed by atoms with Crippen molar-refractivity contribution in [2.24, 2.45) is 38.6 Å². The Bertz CT molecular complexity index is 917. The van der Waals surface area contributed by atoms with E-state index in [0.29, 0.717) is 23.8 Å². The van der Waals surface area contributed by atoms with Gasteiger partial charge in [0.2, 0.25) is 0 Å². The average molecular weight is 422 g/mol. The molecule has 4 aliphatic rings. The van der Waals surface area contributed by atoms with Crippen LogP contribution in [0.1, 0.15) is 79.2 Å². The number of carbonyl (C=O) groups excluding carboxylic acids is 1. The van der Waals surface area contributed by atoms with Crippen molar-refractivity contribution < 1.29 is 4.79 Å². The molecule has 2 bridgehead atoms. The van der Waals surface area contributed by atoms with Crippen LogP contribution in [-0.4, -0.2) is 29.3 Å². The summed E-state index contributed by atoms with van der Waals surface area (Å²) in [6, 6.07) is 10.8. The lowest BCUT2D eigenvalue weighted by molar-refractivity contribution is 0.118. The quantitative estimate of drug-likeness (QED) is 0.634. The maximum atomic E-state index is 13.4. The van der Waals surface area contributed by atoms with Gasteiger partial charge >= 0.3 is 6.03 Å². The summed E-state index contributed by atoms with van der Waals surface area (Å²) in [6.07, 6.45) is 3.61. The number of nitrogens with one attached hydrogen (secondary N) is 1. The summed E-state index contributed by atoms with van der Waals surface area (Å²) >= 11 is 0. The monoisotopic (exact) mass is 421 g/mol. The van der Waals surface area contributed by atoms with Crippen LogP contribution in [0.25, 0.3) is 0 Å². The van der Waals surface area contributed by atoms with Crippen molar-refractivity contribution in [2.75, 3.05) is 6.54 Å². The molecule has 31 heavy (non-hydrogen) atoms. The molecule has 1 aliphatic heterocycles. The molecule has 2 amide bonds. The van der Waals surface area contributed by atoms with Crippen LogP contribution in [0.3, 0.4) is 0 Å². The molecule has 0 aromatic heterocycles. The molecule has 1 N–H and O–H groups in total. The molecule has 3 fully saturated rings. The topological polar surface area (TPSA) is 44.7 Å². The third-order valence-corrected chi connectivity index (χ3v) is 10.8. The SMILES string of the molecule is CC1(C)C(C2=NN(C(=O)N[C@H]3C[C@H]4CC[C@]3(C)C4(C)C)CC2c2ccccc2)C1(C)C. The number of hydrazone groups is 1. The van der Waals surface area contributed by atoms with Gasteiger partial charge in [0.1, 0.15) is 0 Å². The van der Waals surface area contributed by atoms with E-state index in [1.807, 2.05) is 0 Å². The van der Waals surface area contributed by atoms with Crippen LogP contribution in [0, 0.1) is 33.5 Å². The fraction of sp³-hybridized carbons (Fsp3) is 0.704. The Labute approximate surface area is 187 Å². The van der Waals surface area contributed by atoms with Gasteiger partial charge in [0.05, 0.1) is 12.3 Å². The summed E-state index contributed by atoms with van der Waals surface area (Å²) in [5, 5.41) is 10.2. The highest BCUT2D eigenvalue weighted by atomic mass is 16.2. The molecule has 1 aromatic rings. The molecular formula is C27H39N3O. The predicted molar refractivity (Wildman–Crippen MR) is 126 cm³/mol. The fourth-order valence-corrected chi connectivity index (χ4v) is 7.45. The lowest BCUT2D eigenvalue weighted by atomic mass is 9.69. The first-order valence-corrected chi connectivity index (χ1v) is 12.1. The number of nitrogens with zero attached hydrogens (tertiary/aromatic N) is 2.